The van der Waals surface area contributed by atoms with E-state index in [1.807, 2.05) is 11.3 Å². The number of rotatable bonds is 6. The minimum absolute atomic E-state index is 0.437. The van der Waals surface area contributed by atoms with Crippen LogP contribution in [0.2, 0.25) is 0 Å². The summed E-state index contributed by atoms with van der Waals surface area (Å²) in [6, 6.07) is 78.2. The lowest BCUT2D eigenvalue weighted by molar-refractivity contribution is 0.768. The van der Waals surface area contributed by atoms with Crippen LogP contribution in [0.5, 0.6) is 0 Å². The van der Waals surface area contributed by atoms with Gasteiger partial charge in [-0.05, 0) is 97.7 Å². The average molecular weight is 718 g/mol. The summed E-state index contributed by atoms with van der Waals surface area (Å²) in [5.41, 5.74) is 13.2. The monoisotopic (exact) mass is 717 g/mol. The van der Waals surface area contributed by atoms with E-state index in [4.69, 9.17) is 0 Å². The molecule has 0 radical (unpaired) electrons. The molecule has 11 rings (SSSR count). The van der Waals surface area contributed by atoms with Crippen LogP contribution in [0.15, 0.2) is 212 Å². The maximum atomic E-state index is 2.41. The van der Waals surface area contributed by atoms with Crippen LogP contribution < -0.4 is 4.90 Å². The van der Waals surface area contributed by atoms with Crippen molar-refractivity contribution in [3.05, 3.63) is 235 Å². The van der Waals surface area contributed by atoms with Gasteiger partial charge in [0.15, 0.2) is 0 Å². The van der Waals surface area contributed by atoms with E-state index in [1.165, 1.54) is 75.5 Å². The summed E-state index contributed by atoms with van der Waals surface area (Å²) in [7, 11) is 0. The molecule has 0 N–H and O–H groups in total. The van der Waals surface area contributed by atoms with Crippen molar-refractivity contribution in [2.75, 3.05) is 4.90 Å². The normalized spacial score (nSPS) is 12.9. The van der Waals surface area contributed by atoms with Crippen LogP contribution in [0, 0.1) is 0 Å². The van der Waals surface area contributed by atoms with Crippen LogP contribution in [0.1, 0.15) is 22.3 Å². The van der Waals surface area contributed by atoms with E-state index in [2.05, 4.69) is 217 Å². The van der Waals surface area contributed by atoms with E-state index >= 15 is 0 Å². The Labute approximate surface area is 325 Å². The fourth-order valence-electron chi connectivity index (χ4n) is 9.14. The van der Waals surface area contributed by atoms with E-state index in [1.54, 1.807) is 0 Å². The third-order valence-electron chi connectivity index (χ3n) is 11.6. The van der Waals surface area contributed by atoms with Gasteiger partial charge in [0, 0.05) is 37.2 Å². The summed E-state index contributed by atoms with van der Waals surface area (Å²) in [5.74, 6) is 0. The number of hydrogen-bond acceptors (Lipinski definition) is 2. The van der Waals surface area contributed by atoms with Crippen molar-refractivity contribution >= 4 is 59.3 Å². The Balaban J connectivity index is 1.08. The Morgan fingerprint density at radius 3 is 1.62 bits per heavy atom. The Morgan fingerprint density at radius 1 is 0.345 bits per heavy atom. The van der Waals surface area contributed by atoms with Gasteiger partial charge in [-0.3, -0.25) is 0 Å². The van der Waals surface area contributed by atoms with Gasteiger partial charge in [-0.25, -0.2) is 0 Å². The number of nitrogens with zero attached hydrogens (tertiary/aromatic N) is 1. The molecule has 9 aromatic carbocycles. The molecule has 55 heavy (non-hydrogen) atoms. The van der Waals surface area contributed by atoms with Gasteiger partial charge in [0.25, 0.3) is 0 Å². The lowest BCUT2D eigenvalue weighted by atomic mass is 9.68. The molecule has 0 bridgehead atoms. The molecule has 0 amide bonds. The molecule has 258 valence electrons. The summed E-state index contributed by atoms with van der Waals surface area (Å²) in [6.45, 7) is 0. The smallest absolute Gasteiger partial charge is 0.0713 e. The maximum Gasteiger partial charge on any atom is 0.0713 e. The van der Waals surface area contributed by atoms with Crippen molar-refractivity contribution < 1.29 is 0 Å². The average Bonchev–Trinajstić information content (AvgIpc) is 3.78. The van der Waals surface area contributed by atoms with Gasteiger partial charge in [0.05, 0.1) is 5.41 Å². The molecule has 2 heteroatoms. The molecular weight excluding hydrogens is 683 g/mol. The fourth-order valence-corrected chi connectivity index (χ4v) is 10.3. The molecule has 1 aliphatic carbocycles. The van der Waals surface area contributed by atoms with Crippen LogP contribution >= 0.6 is 11.3 Å². The Hall–Kier alpha value is -6.74. The zero-order valence-electron chi connectivity index (χ0n) is 30.1. The lowest BCUT2D eigenvalue weighted by Gasteiger charge is -2.34. The quantitative estimate of drug-likeness (QED) is 0.166. The molecule has 0 spiro atoms. The highest BCUT2D eigenvalue weighted by Crippen LogP contribution is 2.56. The third-order valence-corrected chi connectivity index (χ3v) is 12.7. The lowest BCUT2D eigenvalue weighted by Crippen LogP contribution is -2.28. The molecule has 0 fully saturated rings. The van der Waals surface area contributed by atoms with Gasteiger partial charge < -0.3 is 4.90 Å². The first-order valence-electron chi connectivity index (χ1n) is 18.9. The van der Waals surface area contributed by atoms with Crippen LogP contribution in [0.3, 0.4) is 0 Å². The van der Waals surface area contributed by atoms with Crippen LogP contribution in [0.25, 0.3) is 53.2 Å². The van der Waals surface area contributed by atoms with Crippen LogP contribution in [-0.2, 0) is 5.41 Å². The fraction of sp³-hybridized carbons (Fsp3) is 0.0189. The van der Waals surface area contributed by atoms with Gasteiger partial charge in [0.2, 0.25) is 0 Å². The van der Waals surface area contributed by atoms with Crippen molar-refractivity contribution in [2.45, 2.75) is 5.41 Å². The number of thiophene rings is 1. The first kappa shape index (κ1) is 31.8. The number of hydrogen-bond donors (Lipinski definition) is 0. The van der Waals surface area contributed by atoms with Crippen molar-refractivity contribution in [1.82, 2.24) is 0 Å². The van der Waals surface area contributed by atoms with Crippen molar-refractivity contribution in [3.8, 4) is 22.3 Å². The molecule has 1 aromatic heterocycles. The van der Waals surface area contributed by atoms with E-state index in [9.17, 15) is 0 Å². The molecule has 0 aliphatic heterocycles. The first-order chi connectivity index (χ1) is 27.3. The molecule has 0 atom stereocenters. The third kappa shape index (κ3) is 4.92. The Kier molecular flexibility index (Phi) is 7.33. The van der Waals surface area contributed by atoms with Crippen LogP contribution in [-0.4, -0.2) is 0 Å². The topological polar surface area (TPSA) is 3.24 Å². The molecule has 0 unspecified atom stereocenters. The highest BCUT2D eigenvalue weighted by Gasteiger charge is 2.45. The molecular formula is C53H35NS. The number of benzene rings is 9. The summed E-state index contributed by atoms with van der Waals surface area (Å²) in [6.07, 6.45) is 0. The predicted molar refractivity (Wildman–Crippen MR) is 234 cm³/mol. The highest BCUT2D eigenvalue weighted by molar-refractivity contribution is 7.25. The van der Waals surface area contributed by atoms with Gasteiger partial charge in [-0.2, -0.15) is 0 Å². The van der Waals surface area contributed by atoms with Crippen LogP contribution in [0.4, 0.5) is 17.1 Å². The number of fused-ring (bicyclic) bond motifs is 7. The Bertz CT molecular complexity index is 2980. The van der Waals surface area contributed by atoms with E-state index in [0.29, 0.717) is 0 Å². The zero-order valence-corrected chi connectivity index (χ0v) is 30.9. The molecule has 0 saturated carbocycles. The SMILES string of the molecule is c1ccc(C2(c3ccc(N(c4ccc(-c5cccc6ccccc56)cc4)c4ccc5c(c4)sc4ccccc45)cc3)c3ccccc3-c3ccccc32)cc1. The van der Waals surface area contributed by atoms with E-state index in [0.717, 1.165) is 17.1 Å². The van der Waals surface area contributed by atoms with Crippen molar-refractivity contribution in [3.63, 3.8) is 0 Å². The van der Waals surface area contributed by atoms with Crippen molar-refractivity contribution in [1.29, 1.82) is 0 Å². The molecule has 10 aromatic rings. The second-order valence-electron chi connectivity index (χ2n) is 14.4. The molecule has 1 aliphatic rings. The minimum atomic E-state index is -0.437. The van der Waals surface area contributed by atoms with Gasteiger partial charge in [0.1, 0.15) is 0 Å². The molecule has 0 saturated heterocycles. The van der Waals surface area contributed by atoms with E-state index < -0.39 is 5.41 Å². The van der Waals surface area contributed by atoms with E-state index in [-0.39, 0.29) is 0 Å². The second kappa shape index (κ2) is 12.7. The standard InChI is InChI=1S/C53H35NS/c1-2-15-38(16-3-1)53(49-22-9-6-18-45(49)46-19-7-10-23-50(46)53)39-27-31-41(32-28-39)54(42-33-34-48-47-20-8-11-24-51(47)55-52(48)35-42)40-29-25-37(26-30-40)44-21-12-14-36-13-4-5-17-43(36)44/h1-35H. The van der Waals surface area contributed by atoms with Gasteiger partial charge in [-0.1, -0.05) is 170 Å². The number of anilines is 3. The summed E-state index contributed by atoms with van der Waals surface area (Å²) in [4.78, 5) is 2.41. The van der Waals surface area contributed by atoms with Gasteiger partial charge >= 0.3 is 0 Å². The zero-order chi connectivity index (χ0) is 36.3. The first-order valence-corrected chi connectivity index (χ1v) is 19.7. The Morgan fingerprint density at radius 2 is 0.873 bits per heavy atom. The maximum absolute atomic E-state index is 2.41. The van der Waals surface area contributed by atoms with Crippen molar-refractivity contribution in [2.24, 2.45) is 0 Å². The predicted octanol–water partition coefficient (Wildman–Crippen LogP) is 14.7. The largest absolute Gasteiger partial charge is 0.310 e. The van der Waals surface area contributed by atoms with Gasteiger partial charge in [-0.15, -0.1) is 11.3 Å². The molecule has 1 heterocycles. The minimum Gasteiger partial charge on any atom is -0.310 e. The molecule has 1 nitrogen and oxygen atoms in total. The highest BCUT2D eigenvalue weighted by atomic mass is 32.1. The summed E-state index contributed by atoms with van der Waals surface area (Å²) < 4.78 is 2.60. The summed E-state index contributed by atoms with van der Waals surface area (Å²) >= 11 is 1.86. The summed E-state index contributed by atoms with van der Waals surface area (Å²) in [5, 5.41) is 5.13. The second-order valence-corrected chi connectivity index (χ2v) is 15.5.